The molecule has 2 aliphatic heterocycles. The molecule has 1 aromatic rings. The molecule has 144 valence electrons. The molecule has 10 heteroatoms. The summed E-state index contributed by atoms with van der Waals surface area (Å²) in [4.78, 5) is 31.2. The molecule has 3 N–H and O–H groups in total. The molecule has 0 spiro atoms. The van der Waals surface area contributed by atoms with Crippen LogP contribution in [-0.2, 0) is 11.3 Å². The van der Waals surface area contributed by atoms with E-state index in [0.717, 1.165) is 41.1 Å². The van der Waals surface area contributed by atoms with Gasteiger partial charge in [-0.15, -0.1) is 35.3 Å². The van der Waals surface area contributed by atoms with Crippen molar-refractivity contribution in [2.75, 3.05) is 20.1 Å². The zero-order valence-electron chi connectivity index (χ0n) is 14.7. The fourth-order valence-electron chi connectivity index (χ4n) is 3.46. The number of amides is 3. The molecule has 0 saturated carbocycles. The van der Waals surface area contributed by atoms with Crippen molar-refractivity contribution in [2.45, 2.75) is 31.8 Å². The van der Waals surface area contributed by atoms with Crippen LogP contribution in [-0.4, -0.2) is 48.5 Å². The fraction of sp³-hybridized carbons (Fsp3) is 0.562. The van der Waals surface area contributed by atoms with E-state index in [1.54, 1.807) is 25.3 Å². The number of likely N-dealkylation sites (tertiary alicyclic amines) is 1. The molecule has 2 fully saturated rings. The largest absolute Gasteiger partial charge is 0.351 e. The maximum absolute atomic E-state index is 12.1. The molecule has 0 radical (unpaired) electrons. The average molecular weight is 512 g/mol. The first-order valence-corrected chi connectivity index (χ1v) is 9.45. The lowest BCUT2D eigenvalue weighted by Crippen LogP contribution is -2.55. The van der Waals surface area contributed by atoms with Crippen molar-refractivity contribution < 1.29 is 9.59 Å². The third kappa shape index (κ3) is 4.42. The van der Waals surface area contributed by atoms with Crippen LogP contribution >= 0.6 is 46.9 Å². The first-order valence-electron chi connectivity index (χ1n) is 8.26. The summed E-state index contributed by atoms with van der Waals surface area (Å²) in [7, 11) is 1.77. The molecule has 2 saturated heterocycles. The van der Waals surface area contributed by atoms with Gasteiger partial charge >= 0.3 is 6.03 Å². The molecule has 0 aliphatic carbocycles. The second-order valence-electron chi connectivity index (χ2n) is 6.48. The van der Waals surface area contributed by atoms with Gasteiger partial charge in [0.05, 0.1) is 10.9 Å². The standard InChI is InChI=1S/C16H22ClN5O2S.HI/c1-16(13(23)20-15(24)21-16)10-5-7-22(8-6-10)14(18-2)19-9-11-3-4-12(17)25-11;/h3-4,10H,5-9H2,1-2H3,(H,18,19)(H2,20,21,23,24);1H. The number of hydrogen-bond acceptors (Lipinski definition) is 4. The Morgan fingerprint density at radius 3 is 2.62 bits per heavy atom. The second-order valence-corrected chi connectivity index (χ2v) is 8.28. The average Bonchev–Trinajstić information content (AvgIpc) is 3.12. The van der Waals surface area contributed by atoms with Crippen molar-refractivity contribution in [1.82, 2.24) is 20.9 Å². The van der Waals surface area contributed by atoms with Gasteiger partial charge in [0.1, 0.15) is 5.54 Å². The maximum atomic E-state index is 12.1. The number of halogens is 2. The SMILES string of the molecule is CN=C(NCc1ccc(Cl)s1)N1CCC(C2(C)NC(=O)NC2=O)CC1.I. The summed E-state index contributed by atoms with van der Waals surface area (Å²) >= 11 is 7.51. The number of carbonyl (C=O) groups is 2. The lowest BCUT2D eigenvalue weighted by Gasteiger charge is -2.39. The van der Waals surface area contributed by atoms with E-state index >= 15 is 0 Å². The minimum absolute atomic E-state index is 0. The van der Waals surface area contributed by atoms with Gasteiger partial charge in [0.25, 0.3) is 5.91 Å². The second kappa shape index (κ2) is 8.75. The van der Waals surface area contributed by atoms with Crippen LogP contribution in [0.2, 0.25) is 4.34 Å². The van der Waals surface area contributed by atoms with Crippen molar-refractivity contribution in [3.05, 3.63) is 21.3 Å². The molecule has 1 unspecified atom stereocenters. The first kappa shape index (κ1) is 21.2. The molecule has 7 nitrogen and oxygen atoms in total. The van der Waals surface area contributed by atoms with E-state index < -0.39 is 11.6 Å². The Morgan fingerprint density at radius 2 is 2.12 bits per heavy atom. The number of piperidine rings is 1. The van der Waals surface area contributed by atoms with E-state index in [9.17, 15) is 9.59 Å². The maximum Gasteiger partial charge on any atom is 0.322 e. The van der Waals surface area contributed by atoms with Gasteiger partial charge in [-0.2, -0.15) is 0 Å². The van der Waals surface area contributed by atoms with Gasteiger partial charge < -0.3 is 15.5 Å². The minimum atomic E-state index is -0.812. The van der Waals surface area contributed by atoms with Crippen molar-refractivity contribution in [3.63, 3.8) is 0 Å². The number of guanidine groups is 1. The summed E-state index contributed by atoms with van der Waals surface area (Å²) in [5.74, 6) is 0.727. The topological polar surface area (TPSA) is 85.8 Å². The van der Waals surface area contributed by atoms with Crippen molar-refractivity contribution >= 4 is 64.8 Å². The van der Waals surface area contributed by atoms with Crippen molar-refractivity contribution in [3.8, 4) is 0 Å². The van der Waals surface area contributed by atoms with E-state index in [4.69, 9.17) is 11.6 Å². The molecule has 3 rings (SSSR count). The number of aliphatic imine (C=N–C) groups is 1. The molecule has 1 aromatic heterocycles. The van der Waals surface area contributed by atoms with Crippen LogP contribution < -0.4 is 16.0 Å². The van der Waals surface area contributed by atoms with Crippen LogP contribution in [0.3, 0.4) is 0 Å². The Morgan fingerprint density at radius 1 is 1.42 bits per heavy atom. The Kier molecular flexibility index (Phi) is 7.14. The van der Waals surface area contributed by atoms with E-state index in [2.05, 4.69) is 25.8 Å². The normalized spacial score (nSPS) is 24.1. The number of nitrogens with zero attached hydrogens (tertiary/aromatic N) is 2. The number of rotatable bonds is 3. The zero-order chi connectivity index (χ0) is 18.0. The molecule has 0 bridgehead atoms. The summed E-state index contributed by atoms with van der Waals surface area (Å²) in [5.41, 5.74) is -0.812. The van der Waals surface area contributed by atoms with E-state index in [1.807, 2.05) is 12.1 Å². The summed E-state index contributed by atoms with van der Waals surface area (Å²) in [6, 6.07) is 3.49. The Hall–Kier alpha value is -1.07. The number of hydrogen-bond donors (Lipinski definition) is 3. The van der Waals surface area contributed by atoms with Crippen LogP contribution in [0.1, 0.15) is 24.6 Å². The first-order chi connectivity index (χ1) is 11.9. The molecule has 26 heavy (non-hydrogen) atoms. The Labute approximate surface area is 179 Å². The van der Waals surface area contributed by atoms with Gasteiger partial charge in [-0.25, -0.2) is 4.79 Å². The predicted octanol–water partition coefficient (Wildman–Crippen LogP) is 2.41. The highest BCUT2D eigenvalue weighted by atomic mass is 127. The van der Waals surface area contributed by atoms with Gasteiger partial charge in [-0.1, -0.05) is 11.6 Å². The minimum Gasteiger partial charge on any atom is -0.351 e. The number of imide groups is 1. The lowest BCUT2D eigenvalue weighted by molar-refractivity contribution is -0.125. The highest BCUT2D eigenvalue weighted by molar-refractivity contribution is 14.0. The van der Waals surface area contributed by atoms with Crippen LogP contribution in [0, 0.1) is 5.92 Å². The van der Waals surface area contributed by atoms with Crippen LogP contribution in [0.4, 0.5) is 4.79 Å². The van der Waals surface area contributed by atoms with Gasteiger partial charge in [0, 0.05) is 25.0 Å². The molecule has 1 atom stereocenters. The molecular formula is C16H23ClIN5O2S. The number of carbonyl (C=O) groups excluding carboxylic acids is 2. The summed E-state index contributed by atoms with van der Waals surface area (Å²) in [5, 5.41) is 8.48. The third-order valence-electron chi connectivity index (χ3n) is 4.94. The van der Waals surface area contributed by atoms with Gasteiger partial charge in [0.2, 0.25) is 0 Å². The van der Waals surface area contributed by atoms with Gasteiger partial charge in [0.15, 0.2) is 5.96 Å². The lowest BCUT2D eigenvalue weighted by atomic mass is 9.79. The molecular weight excluding hydrogens is 489 g/mol. The molecule has 3 heterocycles. The monoisotopic (exact) mass is 511 g/mol. The summed E-state index contributed by atoms with van der Waals surface area (Å²) < 4.78 is 0.776. The van der Waals surface area contributed by atoms with Gasteiger partial charge in [-0.3, -0.25) is 15.1 Å². The Bertz CT molecular complexity index is 705. The summed E-state index contributed by atoms with van der Waals surface area (Å²) in [6.07, 6.45) is 1.63. The van der Waals surface area contributed by atoms with Crippen molar-refractivity contribution in [1.29, 1.82) is 0 Å². The van der Waals surface area contributed by atoms with E-state index in [0.29, 0.717) is 6.54 Å². The fourth-order valence-corrected chi connectivity index (χ4v) is 4.49. The Balaban J connectivity index is 0.00000243. The number of urea groups is 1. The van der Waals surface area contributed by atoms with E-state index in [1.165, 1.54) is 0 Å². The number of thiophene rings is 1. The van der Waals surface area contributed by atoms with Crippen LogP contribution in [0.25, 0.3) is 0 Å². The quantitative estimate of drug-likeness (QED) is 0.252. The molecule has 2 aliphatic rings. The smallest absolute Gasteiger partial charge is 0.322 e. The molecule has 0 aromatic carbocycles. The van der Waals surface area contributed by atoms with Crippen LogP contribution in [0.5, 0.6) is 0 Å². The molecule has 3 amide bonds. The van der Waals surface area contributed by atoms with Crippen LogP contribution in [0.15, 0.2) is 17.1 Å². The third-order valence-corrected chi connectivity index (χ3v) is 6.18. The predicted molar refractivity (Wildman–Crippen MR) is 114 cm³/mol. The highest BCUT2D eigenvalue weighted by Crippen LogP contribution is 2.30. The highest BCUT2D eigenvalue weighted by Gasteiger charge is 2.48. The zero-order valence-corrected chi connectivity index (χ0v) is 18.6. The van der Waals surface area contributed by atoms with Crippen molar-refractivity contribution in [2.24, 2.45) is 10.9 Å². The van der Waals surface area contributed by atoms with E-state index in [-0.39, 0.29) is 35.8 Å². The summed E-state index contributed by atoms with van der Waals surface area (Å²) in [6.45, 7) is 4.06. The number of nitrogens with one attached hydrogen (secondary N) is 3. The van der Waals surface area contributed by atoms with Gasteiger partial charge in [-0.05, 0) is 37.8 Å².